The lowest BCUT2D eigenvalue weighted by atomic mass is 9.69. The summed E-state index contributed by atoms with van der Waals surface area (Å²) in [6, 6.07) is 8.15. The van der Waals surface area contributed by atoms with Gasteiger partial charge < -0.3 is 34.1 Å². The number of likely N-dealkylation sites (tertiary alicyclic amines) is 1. The van der Waals surface area contributed by atoms with Crippen LogP contribution in [0, 0.1) is 22.5 Å². The highest BCUT2D eigenvalue weighted by molar-refractivity contribution is 6.02. The van der Waals surface area contributed by atoms with Gasteiger partial charge in [0.05, 0.1) is 40.1 Å². The van der Waals surface area contributed by atoms with Crippen molar-refractivity contribution in [3.8, 4) is 28.9 Å². The lowest BCUT2D eigenvalue weighted by molar-refractivity contribution is -0.0405. The average molecular weight is 760 g/mol. The van der Waals surface area contributed by atoms with E-state index in [1.807, 2.05) is 4.90 Å². The molecule has 11 nitrogen and oxygen atoms in total. The summed E-state index contributed by atoms with van der Waals surface area (Å²) in [6.07, 6.45) is 11.4. The molecule has 0 bridgehead atoms. The number of benzene rings is 2. The van der Waals surface area contributed by atoms with Gasteiger partial charge in [0.2, 0.25) is 5.88 Å². The summed E-state index contributed by atoms with van der Waals surface area (Å²) in [5.41, 5.74) is -1.22. The zero-order valence-corrected chi connectivity index (χ0v) is 31.8. The van der Waals surface area contributed by atoms with Gasteiger partial charge in [-0.15, -0.1) is 0 Å². The summed E-state index contributed by atoms with van der Waals surface area (Å²) in [4.78, 5) is 18.8. The molecule has 2 saturated carbocycles. The van der Waals surface area contributed by atoms with E-state index in [9.17, 15) is 10.2 Å². The number of anilines is 1. The number of pyridine rings is 1. The average Bonchev–Trinajstić information content (AvgIpc) is 3.78. The number of hydrogen-bond donors (Lipinski definition) is 2. The molecule has 13 heteroatoms. The minimum Gasteiger partial charge on any atom is -0.508 e. The van der Waals surface area contributed by atoms with Crippen molar-refractivity contribution in [2.45, 2.75) is 88.8 Å². The van der Waals surface area contributed by atoms with Gasteiger partial charge in [0.1, 0.15) is 39.6 Å². The number of rotatable bonds is 7. The van der Waals surface area contributed by atoms with Crippen LogP contribution in [0.3, 0.4) is 0 Å². The number of aliphatic hydroxyl groups is 1. The van der Waals surface area contributed by atoms with Gasteiger partial charge in [-0.2, -0.15) is 9.97 Å². The van der Waals surface area contributed by atoms with Crippen molar-refractivity contribution in [3.05, 3.63) is 42.0 Å². The van der Waals surface area contributed by atoms with Crippen LogP contribution in [-0.4, -0.2) is 108 Å². The van der Waals surface area contributed by atoms with Crippen LogP contribution in [0.2, 0.25) is 0 Å². The first-order valence-corrected chi connectivity index (χ1v) is 20.0. The minimum absolute atomic E-state index is 0.00958. The van der Waals surface area contributed by atoms with E-state index in [0.29, 0.717) is 48.5 Å². The van der Waals surface area contributed by atoms with Crippen LogP contribution >= 0.6 is 0 Å². The fourth-order valence-electron chi connectivity index (χ4n) is 10.6. The third-order valence-electron chi connectivity index (χ3n) is 13.3. The quantitative estimate of drug-likeness (QED) is 0.207. The van der Waals surface area contributed by atoms with Gasteiger partial charge in [0.15, 0.2) is 5.82 Å². The molecule has 2 aromatic carbocycles. The predicted octanol–water partition coefficient (Wildman–Crippen LogP) is 6.79. The maximum atomic E-state index is 17.2. The fourth-order valence-corrected chi connectivity index (χ4v) is 10.6. The Balaban J connectivity index is 1.11. The Morgan fingerprint density at radius 1 is 0.927 bits per heavy atom. The zero-order chi connectivity index (χ0) is 38.0. The number of aromatic nitrogens is 3. The van der Waals surface area contributed by atoms with Crippen molar-refractivity contribution in [2.24, 2.45) is 10.8 Å². The molecule has 5 heterocycles. The number of nitrogens with zero attached hydrogens (tertiary/aromatic N) is 5. The Hall–Kier alpha value is -3.91. The summed E-state index contributed by atoms with van der Waals surface area (Å²) in [6.45, 7) is 5.89. The number of hydrogen-bond acceptors (Lipinski definition) is 11. The van der Waals surface area contributed by atoms with Crippen LogP contribution in [0.25, 0.3) is 32.9 Å². The van der Waals surface area contributed by atoms with Crippen LogP contribution < -0.4 is 14.4 Å². The summed E-state index contributed by atoms with van der Waals surface area (Å²) < 4.78 is 56.6. The van der Waals surface area contributed by atoms with E-state index in [0.717, 1.165) is 51.9 Å². The summed E-state index contributed by atoms with van der Waals surface area (Å²) in [7, 11) is 1.42. The van der Waals surface area contributed by atoms with Gasteiger partial charge in [-0.05, 0) is 100 Å². The molecule has 4 aromatic rings. The van der Waals surface area contributed by atoms with E-state index in [1.54, 1.807) is 13.0 Å². The molecule has 9 rings (SSSR count). The molecule has 55 heavy (non-hydrogen) atoms. The number of fused-ring (bicyclic) bond motifs is 3. The number of piperidine rings is 1. The second-order valence-corrected chi connectivity index (χ2v) is 17.1. The van der Waals surface area contributed by atoms with Crippen molar-refractivity contribution >= 4 is 27.5 Å². The molecule has 0 amide bonds. The number of aromatic hydroxyl groups is 1. The Morgan fingerprint density at radius 2 is 1.75 bits per heavy atom. The van der Waals surface area contributed by atoms with Crippen molar-refractivity contribution in [2.75, 3.05) is 64.7 Å². The molecule has 2 aliphatic carbocycles. The second kappa shape index (κ2) is 14.2. The van der Waals surface area contributed by atoms with Crippen molar-refractivity contribution < 1.29 is 37.9 Å². The molecular weight excluding hydrogens is 708 g/mol. The topological polar surface area (TPSA) is 123 Å². The Kier molecular flexibility index (Phi) is 9.50. The van der Waals surface area contributed by atoms with Gasteiger partial charge in [-0.3, -0.25) is 4.90 Å². The van der Waals surface area contributed by atoms with Gasteiger partial charge in [-0.25, -0.2) is 13.8 Å². The molecule has 3 unspecified atom stereocenters. The van der Waals surface area contributed by atoms with E-state index >= 15 is 8.78 Å². The summed E-state index contributed by atoms with van der Waals surface area (Å²) in [5, 5.41) is 22.5. The Labute approximate surface area is 319 Å². The van der Waals surface area contributed by atoms with E-state index in [4.69, 9.17) is 28.9 Å². The second-order valence-electron chi connectivity index (χ2n) is 17.1. The van der Waals surface area contributed by atoms with Crippen molar-refractivity contribution in [1.29, 1.82) is 0 Å². The van der Waals surface area contributed by atoms with E-state index in [-0.39, 0.29) is 63.8 Å². The molecule has 1 spiro atoms. The number of halogens is 2. The predicted molar refractivity (Wildman–Crippen MR) is 204 cm³/mol. The van der Waals surface area contributed by atoms with Crippen LogP contribution in [0.4, 0.5) is 14.6 Å². The zero-order valence-electron chi connectivity index (χ0n) is 31.8. The van der Waals surface area contributed by atoms with E-state index in [2.05, 4.69) is 9.88 Å². The highest BCUT2D eigenvalue weighted by Gasteiger charge is 2.51. The molecular formula is C42H51F2N5O6. The first kappa shape index (κ1) is 36.7. The largest absolute Gasteiger partial charge is 0.508 e. The smallest absolute Gasteiger partial charge is 0.319 e. The highest BCUT2D eigenvalue weighted by atomic mass is 19.1. The summed E-state index contributed by atoms with van der Waals surface area (Å²) >= 11 is 0. The fraction of sp³-hybridized carbons (Fsp3) is 0.595. The first-order valence-electron chi connectivity index (χ1n) is 20.0. The molecule has 2 aromatic heterocycles. The van der Waals surface area contributed by atoms with Gasteiger partial charge in [0.25, 0.3) is 0 Å². The molecule has 0 radical (unpaired) electrons. The van der Waals surface area contributed by atoms with Crippen LogP contribution in [-0.2, 0) is 9.47 Å². The van der Waals surface area contributed by atoms with Gasteiger partial charge in [-0.1, -0.05) is 18.6 Å². The number of methoxy groups -OCH3 is 1. The molecule has 3 saturated heterocycles. The van der Waals surface area contributed by atoms with E-state index in [1.165, 1.54) is 63.5 Å². The maximum absolute atomic E-state index is 17.2. The molecule has 5 aliphatic rings. The Morgan fingerprint density at radius 3 is 2.55 bits per heavy atom. The molecule has 3 aliphatic heterocycles. The normalized spacial score (nSPS) is 30.2. The molecule has 5 fully saturated rings. The van der Waals surface area contributed by atoms with Crippen molar-refractivity contribution in [1.82, 2.24) is 19.9 Å². The first-order chi connectivity index (χ1) is 26.6. The van der Waals surface area contributed by atoms with Gasteiger partial charge >= 0.3 is 6.01 Å². The molecule has 2 N–H and O–H groups in total. The standard InChI is InChI=1S/C42H51F2N5O6/c1-40(51)22-48(17-19-54-23-40)37-33-36(34(44)35(45-38(33)52-2)29-21-28(50)20-26-6-3-7-30(43)32(26)29)46-39(47-37)55-25-42-11-4-8-31(42)49(16-5-12-42)27-9-13-41(14-10-27)15-18-53-24-41/h3,6-7,20-21,27,31,50-51H,4-5,8-19,22-25H2,1-2H3. The van der Waals surface area contributed by atoms with Gasteiger partial charge in [0, 0.05) is 41.6 Å². The SMILES string of the molecule is COc1nc(-c2cc(O)cc3cccc(F)c23)c(F)c2nc(OCC34CCCC3N(C3CCC5(CCOC5)CC3)CCC4)nc(N3CCOCC(C)(O)C3)c12. The Bertz CT molecular complexity index is 2090. The van der Waals surface area contributed by atoms with Crippen LogP contribution in [0.15, 0.2) is 30.3 Å². The third kappa shape index (κ3) is 6.64. The van der Waals surface area contributed by atoms with Crippen molar-refractivity contribution in [3.63, 3.8) is 0 Å². The summed E-state index contributed by atoms with van der Waals surface area (Å²) in [5.74, 6) is -1.27. The van der Waals surface area contributed by atoms with Crippen LogP contribution in [0.5, 0.6) is 17.6 Å². The highest BCUT2D eigenvalue weighted by Crippen LogP contribution is 2.52. The number of phenols is 1. The molecule has 294 valence electrons. The van der Waals surface area contributed by atoms with E-state index < -0.39 is 17.2 Å². The number of β-amino-alcohol motifs (C(OH)–C–C–N with tert-alkyl or cyclic N) is 1. The minimum atomic E-state index is -1.23. The monoisotopic (exact) mass is 759 g/mol. The number of ether oxygens (including phenoxy) is 4. The maximum Gasteiger partial charge on any atom is 0.319 e. The third-order valence-corrected chi connectivity index (χ3v) is 13.3. The molecule has 3 atom stereocenters. The number of phenolic OH excluding ortho intramolecular Hbond substituents is 1. The van der Waals surface area contributed by atoms with Crippen LogP contribution in [0.1, 0.15) is 71.1 Å². The lowest BCUT2D eigenvalue weighted by Gasteiger charge is -2.51. The lowest BCUT2D eigenvalue weighted by Crippen LogP contribution is -2.56.